The molecule has 1 unspecified atom stereocenters. The van der Waals surface area contributed by atoms with Crippen LogP contribution in [0.4, 0.5) is 10.1 Å². The molecule has 2 amide bonds. The molecule has 0 bridgehead atoms. The van der Waals surface area contributed by atoms with E-state index in [1.165, 1.54) is 31.1 Å². The van der Waals surface area contributed by atoms with E-state index in [2.05, 4.69) is 5.32 Å². The molecule has 11 heteroatoms. The largest absolute Gasteiger partial charge is 0.350 e. The number of amides is 2. The van der Waals surface area contributed by atoms with E-state index in [0.29, 0.717) is 10.6 Å². The van der Waals surface area contributed by atoms with Crippen LogP contribution in [-0.2, 0) is 26.3 Å². The highest BCUT2D eigenvalue weighted by molar-refractivity contribution is 7.90. The molecule has 0 aliphatic heterocycles. The number of nitrogens with zero attached hydrogens (tertiary/aromatic N) is 3. The van der Waals surface area contributed by atoms with E-state index in [-0.39, 0.29) is 12.2 Å². The maximum Gasteiger partial charge on any atom is 0.304 e. The molecule has 0 spiro atoms. The van der Waals surface area contributed by atoms with Crippen LogP contribution < -0.4 is 9.62 Å². The molecule has 2 aromatic rings. The van der Waals surface area contributed by atoms with Crippen LogP contribution >= 0.6 is 11.6 Å². The van der Waals surface area contributed by atoms with Crippen molar-refractivity contribution in [1.29, 1.82) is 0 Å². The maximum absolute atomic E-state index is 13.6. The van der Waals surface area contributed by atoms with E-state index in [9.17, 15) is 22.4 Å². The number of carbonyl (C=O) groups is 2. The number of carbonyl (C=O) groups excluding carboxylic acids is 2. The predicted octanol–water partition coefficient (Wildman–Crippen LogP) is 3.42. The summed E-state index contributed by atoms with van der Waals surface area (Å²) in [6.45, 7) is 6.39. The lowest BCUT2D eigenvalue weighted by Crippen LogP contribution is -2.55. The van der Waals surface area contributed by atoms with Gasteiger partial charge in [-0.3, -0.25) is 9.59 Å². The van der Waals surface area contributed by atoms with Gasteiger partial charge in [0.05, 0.1) is 5.69 Å². The van der Waals surface area contributed by atoms with Gasteiger partial charge >= 0.3 is 10.2 Å². The molecule has 192 valence electrons. The second kappa shape index (κ2) is 11.4. The fourth-order valence-corrected chi connectivity index (χ4v) is 4.44. The Morgan fingerprint density at radius 1 is 1.06 bits per heavy atom. The summed E-state index contributed by atoms with van der Waals surface area (Å²) in [6, 6.07) is 10.7. The zero-order chi connectivity index (χ0) is 26.6. The zero-order valence-electron chi connectivity index (χ0n) is 20.7. The number of hydrogen-bond acceptors (Lipinski definition) is 4. The standard InChI is InChI=1S/C24H32ClFN4O4S/c1-17(23(32)27-24(2,3)4)29(15-18-9-7-8-10-21(18)25)22(31)16-30(35(33,34)28(5)6)20-13-11-19(26)12-14-20/h7-14,17H,15-16H2,1-6H3,(H,27,32). The molecule has 0 aromatic heterocycles. The topological polar surface area (TPSA) is 90.0 Å². The van der Waals surface area contributed by atoms with Crippen molar-refractivity contribution in [2.75, 3.05) is 24.9 Å². The van der Waals surface area contributed by atoms with Crippen molar-refractivity contribution in [3.8, 4) is 0 Å². The van der Waals surface area contributed by atoms with Crippen molar-refractivity contribution in [1.82, 2.24) is 14.5 Å². The third kappa shape index (κ3) is 7.65. The van der Waals surface area contributed by atoms with Crippen molar-refractivity contribution in [3.63, 3.8) is 0 Å². The van der Waals surface area contributed by atoms with Crippen LogP contribution in [0, 0.1) is 5.82 Å². The molecule has 2 rings (SSSR count). The molecule has 0 saturated heterocycles. The van der Waals surface area contributed by atoms with Crippen LogP contribution in [0.1, 0.15) is 33.3 Å². The Morgan fingerprint density at radius 2 is 1.63 bits per heavy atom. The van der Waals surface area contributed by atoms with Crippen molar-refractivity contribution in [2.24, 2.45) is 0 Å². The number of nitrogens with one attached hydrogen (secondary N) is 1. The summed E-state index contributed by atoms with van der Waals surface area (Å²) in [5, 5.41) is 3.25. The Kier molecular flexibility index (Phi) is 9.27. The maximum atomic E-state index is 13.6. The lowest BCUT2D eigenvalue weighted by Gasteiger charge is -2.34. The summed E-state index contributed by atoms with van der Waals surface area (Å²) in [7, 11) is -1.46. The van der Waals surface area contributed by atoms with Crippen molar-refractivity contribution in [2.45, 2.75) is 45.8 Å². The molecule has 0 radical (unpaired) electrons. The summed E-state index contributed by atoms with van der Waals surface area (Å²) < 4.78 is 41.5. The second-order valence-corrected chi connectivity index (χ2v) is 11.8. The van der Waals surface area contributed by atoms with Crippen molar-refractivity contribution in [3.05, 3.63) is 64.9 Å². The third-order valence-corrected chi connectivity index (χ3v) is 7.29. The van der Waals surface area contributed by atoms with Gasteiger partial charge in [-0.25, -0.2) is 8.70 Å². The Morgan fingerprint density at radius 3 is 2.14 bits per heavy atom. The average Bonchev–Trinajstić information content (AvgIpc) is 2.75. The number of benzene rings is 2. The van der Waals surface area contributed by atoms with Crippen LogP contribution in [0.2, 0.25) is 5.02 Å². The van der Waals surface area contributed by atoms with Gasteiger partial charge in [-0.15, -0.1) is 0 Å². The molecule has 2 aromatic carbocycles. The first-order chi connectivity index (χ1) is 16.1. The van der Waals surface area contributed by atoms with Gasteiger partial charge in [-0.2, -0.15) is 12.7 Å². The summed E-state index contributed by atoms with van der Waals surface area (Å²) in [6.07, 6.45) is 0. The quantitative estimate of drug-likeness (QED) is 0.542. The SMILES string of the molecule is CC(C(=O)NC(C)(C)C)N(Cc1ccccc1Cl)C(=O)CN(c1ccc(F)cc1)S(=O)(=O)N(C)C. The number of hydrogen-bond donors (Lipinski definition) is 1. The lowest BCUT2D eigenvalue weighted by atomic mass is 10.1. The van der Waals surface area contributed by atoms with Gasteiger partial charge < -0.3 is 10.2 Å². The van der Waals surface area contributed by atoms with Crippen LogP contribution in [0.25, 0.3) is 0 Å². The van der Waals surface area contributed by atoms with Crippen LogP contribution in [0.3, 0.4) is 0 Å². The van der Waals surface area contributed by atoms with E-state index >= 15 is 0 Å². The van der Waals surface area contributed by atoms with Gasteiger partial charge in [0, 0.05) is 31.2 Å². The molecule has 0 heterocycles. The Hall–Kier alpha value is -2.69. The van der Waals surface area contributed by atoms with Crippen molar-refractivity contribution >= 4 is 39.3 Å². The highest BCUT2D eigenvalue weighted by atomic mass is 35.5. The zero-order valence-corrected chi connectivity index (χ0v) is 22.3. The van der Waals surface area contributed by atoms with E-state index in [1.807, 2.05) is 20.8 Å². The molecule has 0 fully saturated rings. The molecular formula is C24H32ClFN4O4S. The molecule has 0 aliphatic rings. The summed E-state index contributed by atoms with van der Waals surface area (Å²) in [5.41, 5.74) is 0.165. The Labute approximate surface area is 211 Å². The molecule has 0 saturated carbocycles. The highest BCUT2D eigenvalue weighted by Crippen LogP contribution is 2.23. The molecule has 0 aliphatic carbocycles. The van der Waals surface area contributed by atoms with Crippen LogP contribution in [0.15, 0.2) is 48.5 Å². The fraction of sp³-hybridized carbons (Fsp3) is 0.417. The summed E-state index contributed by atoms with van der Waals surface area (Å²) in [4.78, 5) is 27.8. The van der Waals surface area contributed by atoms with E-state index in [1.54, 1.807) is 31.2 Å². The molecule has 8 nitrogen and oxygen atoms in total. The number of anilines is 1. The summed E-state index contributed by atoms with van der Waals surface area (Å²) in [5.74, 6) is -1.58. The van der Waals surface area contributed by atoms with E-state index < -0.39 is 46.0 Å². The molecule has 1 atom stereocenters. The van der Waals surface area contributed by atoms with Gasteiger partial charge in [0.1, 0.15) is 18.4 Å². The highest BCUT2D eigenvalue weighted by Gasteiger charge is 2.33. The normalized spacial score (nSPS) is 12.8. The van der Waals surface area contributed by atoms with Crippen molar-refractivity contribution < 1.29 is 22.4 Å². The Balaban J connectivity index is 2.48. The third-order valence-electron chi connectivity index (χ3n) is 5.10. The first-order valence-electron chi connectivity index (χ1n) is 10.9. The van der Waals surface area contributed by atoms with E-state index in [0.717, 1.165) is 20.7 Å². The first kappa shape index (κ1) is 28.5. The number of halogens is 2. The number of rotatable bonds is 9. The Bertz CT molecular complexity index is 1150. The first-order valence-corrected chi connectivity index (χ1v) is 12.7. The fourth-order valence-electron chi connectivity index (χ4n) is 3.19. The van der Waals surface area contributed by atoms with Gasteiger partial charge in [-0.05, 0) is 63.6 Å². The molecule has 35 heavy (non-hydrogen) atoms. The predicted molar refractivity (Wildman–Crippen MR) is 136 cm³/mol. The molecular weight excluding hydrogens is 495 g/mol. The van der Waals surface area contributed by atoms with Crippen LogP contribution in [0.5, 0.6) is 0 Å². The van der Waals surface area contributed by atoms with Gasteiger partial charge in [0.15, 0.2) is 0 Å². The molecule has 1 N–H and O–H groups in total. The minimum Gasteiger partial charge on any atom is -0.350 e. The van der Waals surface area contributed by atoms with E-state index in [4.69, 9.17) is 11.6 Å². The summed E-state index contributed by atoms with van der Waals surface area (Å²) >= 11 is 6.31. The van der Waals surface area contributed by atoms with Gasteiger partial charge in [0.25, 0.3) is 0 Å². The van der Waals surface area contributed by atoms with Gasteiger partial charge in [0.2, 0.25) is 11.8 Å². The monoisotopic (exact) mass is 526 g/mol. The second-order valence-electron chi connectivity index (χ2n) is 9.30. The average molecular weight is 527 g/mol. The minimum atomic E-state index is -4.12. The minimum absolute atomic E-state index is 0.0174. The lowest BCUT2D eigenvalue weighted by molar-refractivity contribution is -0.140. The van der Waals surface area contributed by atoms with Crippen LogP contribution in [-0.4, -0.2) is 61.7 Å². The smallest absolute Gasteiger partial charge is 0.304 e. The van der Waals surface area contributed by atoms with Gasteiger partial charge in [-0.1, -0.05) is 29.8 Å².